The van der Waals surface area contributed by atoms with Gasteiger partial charge in [-0.1, -0.05) is 18.2 Å². The van der Waals surface area contributed by atoms with Crippen LogP contribution < -0.4 is 5.32 Å². The number of hydrogen-bond donors (Lipinski definition) is 1. The van der Waals surface area contributed by atoms with Crippen molar-refractivity contribution in [1.82, 2.24) is 14.9 Å². The standard InChI is InChI=1S/C18H19N3O/c1-18(2,3)20-17(22)13-9-10-16-15(11-13)19-12-21(16)14-7-5-4-6-8-14/h4-12H,1-3H3,(H,20,22). The van der Waals surface area contributed by atoms with Gasteiger partial charge in [0.15, 0.2) is 0 Å². The fourth-order valence-corrected chi connectivity index (χ4v) is 2.36. The predicted molar refractivity (Wildman–Crippen MR) is 88.3 cm³/mol. The van der Waals surface area contributed by atoms with E-state index in [-0.39, 0.29) is 11.4 Å². The van der Waals surface area contributed by atoms with Gasteiger partial charge >= 0.3 is 0 Å². The topological polar surface area (TPSA) is 46.9 Å². The smallest absolute Gasteiger partial charge is 0.251 e. The van der Waals surface area contributed by atoms with Gasteiger partial charge in [-0.05, 0) is 51.1 Å². The third kappa shape index (κ3) is 2.86. The molecule has 112 valence electrons. The zero-order valence-electron chi connectivity index (χ0n) is 13.0. The maximum absolute atomic E-state index is 12.2. The summed E-state index contributed by atoms with van der Waals surface area (Å²) < 4.78 is 2.01. The molecule has 0 saturated carbocycles. The molecule has 1 aromatic heterocycles. The highest BCUT2D eigenvalue weighted by Crippen LogP contribution is 2.19. The summed E-state index contributed by atoms with van der Waals surface area (Å²) in [6, 6.07) is 15.6. The fraction of sp³-hybridized carbons (Fsp3) is 0.222. The maximum Gasteiger partial charge on any atom is 0.251 e. The van der Waals surface area contributed by atoms with Crippen molar-refractivity contribution in [3.8, 4) is 5.69 Å². The first-order chi connectivity index (χ1) is 10.4. The Kier molecular flexibility index (Phi) is 3.45. The van der Waals surface area contributed by atoms with Crippen LogP contribution >= 0.6 is 0 Å². The zero-order valence-corrected chi connectivity index (χ0v) is 13.0. The molecule has 0 spiro atoms. The lowest BCUT2D eigenvalue weighted by molar-refractivity contribution is 0.0919. The van der Waals surface area contributed by atoms with E-state index in [4.69, 9.17) is 0 Å². The highest BCUT2D eigenvalue weighted by molar-refractivity contribution is 5.97. The number of aromatic nitrogens is 2. The van der Waals surface area contributed by atoms with E-state index >= 15 is 0 Å². The normalized spacial score (nSPS) is 11.6. The number of carbonyl (C=O) groups excluding carboxylic acids is 1. The Labute approximate surface area is 129 Å². The lowest BCUT2D eigenvalue weighted by Crippen LogP contribution is -2.40. The van der Waals surface area contributed by atoms with Crippen molar-refractivity contribution in [2.45, 2.75) is 26.3 Å². The Balaban J connectivity index is 1.98. The summed E-state index contributed by atoms with van der Waals surface area (Å²) in [5, 5.41) is 2.97. The molecule has 3 aromatic rings. The Morgan fingerprint density at radius 2 is 1.82 bits per heavy atom. The Hall–Kier alpha value is -2.62. The fourth-order valence-electron chi connectivity index (χ4n) is 2.36. The van der Waals surface area contributed by atoms with Crippen molar-refractivity contribution in [3.05, 3.63) is 60.4 Å². The molecule has 0 aliphatic carbocycles. The molecule has 4 nitrogen and oxygen atoms in total. The van der Waals surface area contributed by atoms with Gasteiger partial charge < -0.3 is 5.32 Å². The number of nitrogens with one attached hydrogen (secondary N) is 1. The van der Waals surface area contributed by atoms with E-state index in [1.54, 1.807) is 6.33 Å². The second-order valence-electron chi connectivity index (χ2n) is 6.36. The summed E-state index contributed by atoms with van der Waals surface area (Å²) in [6.07, 6.45) is 1.78. The van der Waals surface area contributed by atoms with Gasteiger partial charge in [0, 0.05) is 16.8 Å². The van der Waals surface area contributed by atoms with Crippen molar-refractivity contribution in [2.75, 3.05) is 0 Å². The molecular weight excluding hydrogens is 274 g/mol. The van der Waals surface area contributed by atoms with Gasteiger partial charge in [-0.25, -0.2) is 4.98 Å². The number of nitrogens with zero attached hydrogens (tertiary/aromatic N) is 2. The number of amides is 1. The molecule has 2 aromatic carbocycles. The minimum absolute atomic E-state index is 0.0799. The first kappa shape index (κ1) is 14.3. The molecule has 0 fully saturated rings. The van der Waals surface area contributed by atoms with Gasteiger partial charge in [-0.3, -0.25) is 9.36 Å². The molecule has 0 unspecified atom stereocenters. The molecule has 0 aliphatic rings. The van der Waals surface area contributed by atoms with E-state index in [0.717, 1.165) is 16.7 Å². The molecule has 4 heteroatoms. The van der Waals surface area contributed by atoms with E-state index < -0.39 is 0 Å². The van der Waals surface area contributed by atoms with Crippen LogP contribution in [0.2, 0.25) is 0 Å². The first-order valence-electron chi connectivity index (χ1n) is 7.29. The van der Waals surface area contributed by atoms with Crippen molar-refractivity contribution in [1.29, 1.82) is 0 Å². The first-order valence-corrected chi connectivity index (χ1v) is 7.29. The molecule has 0 bridgehead atoms. The molecule has 0 saturated heterocycles. The third-order valence-corrected chi connectivity index (χ3v) is 3.33. The van der Waals surface area contributed by atoms with Crippen LogP contribution in [0, 0.1) is 0 Å². The lowest BCUT2D eigenvalue weighted by Gasteiger charge is -2.20. The predicted octanol–water partition coefficient (Wildman–Crippen LogP) is 3.55. The van der Waals surface area contributed by atoms with E-state index in [1.807, 2.05) is 73.9 Å². The van der Waals surface area contributed by atoms with Gasteiger partial charge in [0.25, 0.3) is 5.91 Å². The molecular formula is C18H19N3O. The number of hydrogen-bond acceptors (Lipinski definition) is 2. The van der Waals surface area contributed by atoms with Crippen molar-refractivity contribution < 1.29 is 4.79 Å². The average Bonchev–Trinajstić information content (AvgIpc) is 2.89. The summed E-state index contributed by atoms with van der Waals surface area (Å²) >= 11 is 0. The van der Waals surface area contributed by atoms with Crippen LogP contribution in [0.3, 0.4) is 0 Å². The van der Waals surface area contributed by atoms with Gasteiger partial charge in [0.1, 0.15) is 6.33 Å². The lowest BCUT2D eigenvalue weighted by atomic mass is 10.1. The minimum atomic E-state index is -0.255. The van der Waals surface area contributed by atoms with E-state index in [1.165, 1.54) is 0 Å². The second kappa shape index (κ2) is 5.30. The summed E-state index contributed by atoms with van der Waals surface area (Å²) in [6.45, 7) is 5.90. The number of imidazole rings is 1. The van der Waals surface area contributed by atoms with Crippen LogP contribution in [0.25, 0.3) is 16.7 Å². The van der Waals surface area contributed by atoms with Crippen LogP contribution in [0.15, 0.2) is 54.9 Å². The molecule has 22 heavy (non-hydrogen) atoms. The summed E-state index contributed by atoms with van der Waals surface area (Å²) in [7, 11) is 0. The molecule has 0 radical (unpaired) electrons. The van der Waals surface area contributed by atoms with Gasteiger partial charge in [0.05, 0.1) is 11.0 Å². The largest absolute Gasteiger partial charge is 0.347 e. The zero-order chi connectivity index (χ0) is 15.7. The minimum Gasteiger partial charge on any atom is -0.347 e. The highest BCUT2D eigenvalue weighted by atomic mass is 16.1. The summed E-state index contributed by atoms with van der Waals surface area (Å²) in [4.78, 5) is 16.7. The average molecular weight is 293 g/mol. The quantitative estimate of drug-likeness (QED) is 0.785. The van der Waals surface area contributed by atoms with E-state index in [0.29, 0.717) is 5.56 Å². The number of carbonyl (C=O) groups is 1. The molecule has 1 amide bonds. The number of fused-ring (bicyclic) bond motifs is 1. The molecule has 1 heterocycles. The molecule has 3 rings (SSSR count). The Morgan fingerprint density at radius 3 is 2.50 bits per heavy atom. The van der Waals surface area contributed by atoms with Crippen LogP contribution in [0.1, 0.15) is 31.1 Å². The monoisotopic (exact) mass is 293 g/mol. The molecule has 1 N–H and O–H groups in total. The number of rotatable bonds is 2. The highest BCUT2D eigenvalue weighted by Gasteiger charge is 2.16. The van der Waals surface area contributed by atoms with Crippen LogP contribution in [-0.2, 0) is 0 Å². The van der Waals surface area contributed by atoms with Crippen molar-refractivity contribution in [3.63, 3.8) is 0 Å². The molecule has 0 aliphatic heterocycles. The summed E-state index contributed by atoms with van der Waals surface area (Å²) in [5.41, 5.74) is 3.22. The van der Waals surface area contributed by atoms with E-state index in [2.05, 4.69) is 10.3 Å². The van der Waals surface area contributed by atoms with Gasteiger partial charge in [-0.2, -0.15) is 0 Å². The van der Waals surface area contributed by atoms with Gasteiger partial charge in [0.2, 0.25) is 0 Å². The number of para-hydroxylation sites is 1. The van der Waals surface area contributed by atoms with Crippen LogP contribution in [-0.4, -0.2) is 21.0 Å². The number of benzene rings is 2. The Morgan fingerprint density at radius 1 is 1.09 bits per heavy atom. The van der Waals surface area contributed by atoms with Crippen LogP contribution in [0.4, 0.5) is 0 Å². The molecule has 0 atom stereocenters. The van der Waals surface area contributed by atoms with E-state index in [9.17, 15) is 4.79 Å². The summed E-state index contributed by atoms with van der Waals surface area (Å²) in [5.74, 6) is -0.0799. The Bertz CT molecular complexity index is 813. The SMILES string of the molecule is CC(C)(C)NC(=O)c1ccc2c(c1)ncn2-c1ccccc1. The van der Waals surface area contributed by atoms with Crippen molar-refractivity contribution in [2.24, 2.45) is 0 Å². The third-order valence-electron chi connectivity index (χ3n) is 3.33. The van der Waals surface area contributed by atoms with Crippen LogP contribution in [0.5, 0.6) is 0 Å². The van der Waals surface area contributed by atoms with Gasteiger partial charge in [-0.15, -0.1) is 0 Å². The second-order valence-corrected chi connectivity index (χ2v) is 6.36. The van der Waals surface area contributed by atoms with Crippen molar-refractivity contribution >= 4 is 16.9 Å². The maximum atomic E-state index is 12.2.